The molecule has 1 fully saturated rings. The van der Waals surface area contributed by atoms with Crippen LogP contribution in [0.15, 0.2) is 23.1 Å². The molecule has 0 radical (unpaired) electrons. The summed E-state index contributed by atoms with van der Waals surface area (Å²) in [5.74, 6) is -0.266. The number of amides is 2. The highest BCUT2D eigenvalue weighted by molar-refractivity contribution is 8.00. The Morgan fingerprint density at radius 3 is 2.65 bits per heavy atom. The lowest BCUT2D eigenvalue weighted by Crippen LogP contribution is -2.26. The summed E-state index contributed by atoms with van der Waals surface area (Å²) in [4.78, 5) is 25.2. The standard InChI is InChI=1S/C12H14N2O2S/c1-7-3-4-9(8(13)5-7)17-10-6-11(15)14(2)12(10)16/h3-5,10H,6,13H2,1-2H3. The van der Waals surface area contributed by atoms with E-state index < -0.39 is 0 Å². The fourth-order valence-electron chi connectivity index (χ4n) is 1.74. The van der Waals surface area contributed by atoms with Crippen LogP contribution in [0.3, 0.4) is 0 Å². The lowest BCUT2D eigenvalue weighted by Gasteiger charge is -2.10. The molecule has 0 spiro atoms. The van der Waals surface area contributed by atoms with Crippen molar-refractivity contribution < 1.29 is 9.59 Å². The van der Waals surface area contributed by atoms with Crippen LogP contribution in [0.1, 0.15) is 12.0 Å². The van der Waals surface area contributed by atoms with Crippen LogP contribution in [0, 0.1) is 6.92 Å². The maximum atomic E-state index is 11.7. The second-order valence-corrected chi connectivity index (χ2v) is 5.39. The van der Waals surface area contributed by atoms with E-state index in [4.69, 9.17) is 5.73 Å². The SMILES string of the molecule is Cc1ccc(SC2CC(=O)N(C)C2=O)c(N)c1. The Hall–Kier alpha value is -1.49. The summed E-state index contributed by atoms with van der Waals surface area (Å²) in [6.07, 6.45) is 0.257. The molecule has 1 unspecified atom stereocenters. The topological polar surface area (TPSA) is 63.4 Å². The maximum Gasteiger partial charge on any atom is 0.242 e. The third-order valence-electron chi connectivity index (χ3n) is 2.77. The van der Waals surface area contributed by atoms with Crippen LogP contribution < -0.4 is 5.73 Å². The molecule has 1 atom stereocenters. The van der Waals surface area contributed by atoms with Crippen molar-refractivity contribution in [3.63, 3.8) is 0 Å². The molecule has 4 nitrogen and oxygen atoms in total. The molecule has 1 aromatic rings. The van der Waals surface area contributed by atoms with E-state index in [0.29, 0.717) is 5.69 Å². The molecule has 1 aliphatic heterocycles. The molecule has 0 aliphatic carbocycles. The largest absolute Gasteiger partial charge is 0.398 e. The summed E-state index contributed by atoms with van der Waals surface area (Å²) in [6.45, 7) is 1.96. The Morgan fingerprint density at radius 2 is 2.12 bits per heavy atom. The number of hydrogen-bond acceptors (Lipinski definition) is 4. The number of carbonyl (C=O) groups is 2. The van der Waals surface area contributed by atoms with E-state index in [-0.39, 0.29) is 23.5 Å². The number of imide groups is 1. The Bertz CT molecular complexity index is 487. The van der Waals surface area contributed by atoms with Crippen molar-refractivity contribution in [1.29, 1.82) is 0 Å². The Balaban J connectivity index is 2.17. The van der Waals surface area contributed by atoms with Crippen molar-refractivity contribution in [2.75, 3.05) is 12.8 Å². The Morgan fingerprint density at radius 1 is 1.41 bits per heavy atom. The number of nitrogens with zero attached hydrogens (tertiary/aromatic N) is 1. The molecule has 0 aromatic heterocycles. The van der Waals surface area contributed by atoms with Crippen LogP contribution in [0.5, 0.6) is 0 Å². The van der Waals surface area contributed by atoms with Crippen molar-refractivity contribution in [3.05, 3.63) is 23.8 Å². The number of likely N-dealkylation sites (tertiary alicyclic amines) is 1. The van der Waals surface area contributed by atoms with Crippen molar-refractivity contribution in [3.8, 4) is 0 Å². The minimum absolute atomic E-state index is 0.127. The second kappa shape index (κ2) is 4.41. The Labute approximate surface area is 104 Å². The minimum Gasteiger partial charge on any atom is -0.398 e. The van der Waals surface area contributed by atoms with Gasteiger partial charge in [0.15, 0.2) is 0 Å². The summed E-state index contributed by atoms with van der Waals surface area (Å²) in [6, 6.07) is 5.71. The van der Waals surface area contributed by atoms with E-state index in [1.54, 1.807) is 0 Å². The zero-order chi connectivity index (χ0) is 12.6. The lowest BCUT2D eigenvalue weighted by molar-refractivity contribution is -0.136. The van der Waals surface area contributed by atoms with Gasteiger partial charge in [-0.3, -0.25) is 14.5 Å². The summed E-state index contributed by atoms with van der Waals surface area (Å²) >= 11 is 1.37. The average Bonchev–Trinajstić information content (AvgIpc) is 2.50. The third kappa shape index (κ3) is 2.29. The van der Waals surface area contributed by atoms with Gasteiger partial charge in [0.05, 0.1) is 5.25 Å². The molecule has 90 valence electrons. The monoisotopic (exact) mass is 250 g/mol. The number of hydrogen-bond donors (Lipinski definition) is 1. The normalized spacial score (nSPS) is 20.1. The quantitative estimate of drug-likeness (QED) is 0.637. The number of anilines is 1. The lowest BCUT2D eigenvalue weighted by atomic mass is 10.2. The van der Waals surface area contributed by atoms with Gasteiger partial charge in [0, 0.05) is 24.1 Å². The predicted octanol–water partition coefficient (Wildman–Crippen LogP) is 1.43. The van der Waals surface area contributed by atoms with E-state index in [9.17, 15) is 9.59 Å². The van der Waals surface area contributed by atoms with Gasteiger partial charge in [0.2, 0.25) is 11.8 Å². The van der Waals surface area contributed by atoms with Gasteiger partial charge in [-0.2, -0.15) is 0 Å². The van der Waals surface area contributed by atoms with Crippen LogP contribution in [0.25, 0.3) is 0 Å². The van der Waals surface area contributed by atoms with Gasteiger partial charge >= 0.3 is 0 Å². The average molecular weight is 250 g/mol. The molecular formula is C12H14N2O2S. The molecule has 1 aliphatic rings. The van der Waals surface area contributed by atoms with Crippen LogP contribution in [0.2, 0.25) is 0 Å². The summed E-state index contributed by atoms with van der Waals surface area (Å²) in [7, 11) is 1.52. The van der Waals surface area contributed by atoms with Crippen molar-refractivity contribution in [1.82, 2.24) is 4.90 Å². The first kappa shape index (κ1) is 12.0. The van der Waals surface area contributed by atoms with Gasteiger partial charge in [-0.25, -0.2) is 0 Å². The van der Waals surface area contributed by atoms with Crippen LogP contribution in [-0.2, 0) is 9.59 Å². The number of nitrogen functional groups attached to an aromatic ring is 1. The number of thioether (sulfide) groups is 1. The summed E-state index contributed by atoms with van der Waals surface area (Å²) in [5.41, 5.74) is 7.62. The molecule has 1 aromatic carbocycles. The van der Waals surface area contributed by atoms with Crippen LogP contribution in [-0.4, -0.2) is 29.0 Å². The molecule has 0 bridgehead atoms. The van der Waals surface area contributed by atoms with Crippen molar-refractivity contribution in [2.24, 2.45) is 0 Å². The number of nitrogens with two attached hydrogens (primary N) is 1. The molecule has 2 rings (SSSR count). The molecule has 2 amide bonds. The van der Waals surface area contributed by atoms with Gasteiger partial charge in [-0.05, 0) is 24.6 Å². The highest BCUT2D eigenvalue weighted by Crippen LogP contribution is 2.34. The third-order valence-corrected chi connectivity index (χ3v) is 4.05. The molecule has 5 heteroatoms. The van der Waals surface area contributed by atoms with E-state index in [0.717, 1.165) is 10.5 Å². The first-order chi connectivity index (χ1) is 7.99. The van der Waals surface area contributed by atoms with E-state index in [2.05, 4.69) is 0 Å². The van der Waals surface area contributed by atoms with E-state index >= 15 is 0 Å². The van der Waals surface area contributed by atoms with E-state index in [1.807, 2.05) is 25.1 Å². The zero-order valence-electron chi connectivity index (χ0n) is 9.77. The minimum atomic E-state index is -0.336. The van der Waals surface area contributed by atoms with Crippen LogP contribution >= 0.6 is 11.8 Å². The van der Waals surface area contributed by atoms with Gasteiger partial charge < -0.3 is 5.73 Å². The molecule has 1 saturated heterocycles. The number of aryl methyl sites for hydroxylation is 1. The summed E-state index contributed by atoms with van der Waals surface area (Å²) in [5, 5.41) is -0.336. The highest BCUT2D eigenvalue weighted by atomic mass is 32.2. The van der Waals surface area contributed by atoms with Gasteiger partial charge in [-0.15, -0.1) is 11.8 Å². The van der Waals surface area contributed by atoms with Gasteiger partial charge in [0.25, 0.3) is 0 Å². The highest BCUT2D eigenvalue weighted by Gasteiger charge is 2.36. The van der Waals surface area contributed by atoms with Gasteiger partial charge in [0.1, 0.15) is 0 Å². The molecule has 1 heterocycles. The maximum absolute atomic E-state index is 11.7. The second-order valence-electron chi connectivity index (χ2n) is 4.14. The van der Waals surface area contributed by atoms with Crippen molar-refractivity contribution >= 4 is 29.3 Å². The number of carbonyl (C=O) groups excluding carboxylic acids is 2. The fraction of sp³-hybridized carbons (Fsp3) is 0.333. The predicted molar refractivity (Wildman–Crippen MR) is 67.6 cm³/mol. The molecule has 17 heavy (non-hydrogen) atoms. The fourth-order valence-corrected chi connectivity index (χ4v) is 2.88. The van der Waals surface area contributed by atoms with Crippen molar-refractivity contribution in [2.45, 2.75) is 23.5 Å². The van der Waals surface area contributed by atoms with Gasteiger partial charge in [-0.1, -0.05) is 6.07 Å². The Kier molecular flexibility index (Phi) is 3.11. The smallest absolute Gasteiger partial charge is 0.242 e. The van der Waals surface area contributed by atoms with E-state index in [1.165, 1.54) is 23.7 Å². The molecule has 2 N–H and O–H groups in total. The zero-order valence-corrected chi connectivity index (χ0v) is 10.6. The van der Waals surface area contributed by atoms with Crippen LogP contribution in [0.4, 0.5) is 5.69 Å². The first-order valence-corrected chi connectivity index (χ1v) is 6.20. The molecular weight excluding hydrogens is 236 g/mol. The summed E-state index contributed by atoms with van der Waals surface area (Å²) < 4.78 is 0. The first-order valence-electron chi connectivity index (χ1n) is 5.32. The number of benzene rings is 1. The molecule has 0 saturated carbocycles. The number of rotatable bonds is 2.